The minimum Gasteiger partial charge on any atom is -0.480 e. The zero-order valence-electron chi connectivity index (χ0n) is 11.8. The summed E-state index contributed by atoms with van der Waals surface area (Å²) in [6.07, 6.45) is 1.17. The lowest BCUT2D eigenvalue weighted by molar-refractivity contribution is -0.142. The van der Waals surface area contributed by atoms with E-state index < -0.39 is 11.5 Å². The van der Waals surface area contributed by atoms with Gasteiger partial charge < -0.3 is 15.4 Å². The molecule has 1 rings (SSSR count). The van der Waals surface area contributed by atoms with Crippen LogP contribution in [0, 0.1) is 0 Å². The molecule has 0 fully saturated rings. The molecule has 0 spiro atoms. The van der Waals surface area contributed by atoms with Gasteiger partial charge in [0.25, 0.3) is 5.56 Å². The van der Waals surface area contributed by atoms with E-state index in [0.717, 1.165) is 6.42 Å². The van der Waals surface area contributed by atoms with E-state index >= 15 is 0 Å². The Labute approximate surface area is 112 Å². The van der Waals surface area contributed by atoms with Crippen LogP contribution in [0.1, 0.15) is 52.3 Å². The summed E-state index contributed by atoms with van der Waals surface area (Å²) in [7, 11) is 0. The molecule has 1 aromatic rings. The second kappa shape index (κ2) is 5.86. The molecule has 3 N–H and O–H groups in total. The van der Waals surface area contributed by atoms with Gasteiger partial charge in [0, 0.05) is 12.0 Å². The van der Waals surface area contributed by atoms with Crippen LogP contribution in [0.5, 0.6) is 0 Å². The highest BCUT2D eigenvalue weighted by atomic mass is 16.4. The van der Waals surface area contributed by atoms with Gasteiger partial charge in [-0.1, -0.05) is 27.2 Å². The first-order valence-electron chi connectivity index (χ1n) is 6.41. The third-order valence-electron chi connectivity index (χ3n) is 2.93. The molecule has 6 nitrogen and oxygen atoms in total. The van der Waals surface area contributed by atoms with Crippen molar-refractivity contribution in [1.82, 2.24) is 9.97 Å². The first-order valence-corrected chi connectivity index (χ1v) is 6.41. The Morgan fingerprint density at radius 1 is 1.58 bits per heavy atom. The molecular formula is C13H21N3O3. The van der Waals surface area contributed by atoms with Gasteiger partial charge in [-0.05, 0) is 13.3 Å². The summed E-state index contributed by atoms with van der Waals surface area (Å²) in [6.45, 7) is 7.32. The lowest BCUT2D eigenvalue weighted by Gasteiger charge is -2.26. The minimum absolute atomic E-state index is 0.0664. The number of hydrogen-bond donors (Lipinski definition) is 3. The number of aromatic nitrogens is 2. The number of nitrogens with one attached hydrogen (secondary N) is 2. The summed E-state index contributed by atoms with van der Waals surface area (Å²) < 4.78 is 0. The van der Waals surface area contributed by atoms with Crippen LogP contribution in [0.25, 0.3) is 0 Å². The lowest BCUT2D eigenvalue weighted by Crippen LogP contribution is -2.43. The predicted molar refractivity (Wildman–Crippen MR) is 73.5 cm³/mol. The maximum Gasteiger partial charge on any atom is 0.329 e. The summed E-state index contributed by atoms with van der Waals surface area (Å²) >= 11 is 0. The fourth-order valence-electron chi connectivity index (χ4n) is 1.82. The summed E-state index contributed by atoms with van der Waals surface area (Å²) in [5, 5.41) is 12.2. The number of hydrogen-bond acceptors (Lipinski definition) is 4. The molecule has 0 bridgehead atoms. The Bertz CT molecular complexity index is 510. The highest BCUT2D eigenvalue weighted by molar-refractivity contribution is 5.81. The summed E-state index contributed by atoms with van der Waals surface area (Å²) in [5.41, 5.74) is -1.41. The van der Waals surface area contributed by atoms with Crippen molar-refractivity contribution in [3.05, 3.63) is 22.2 Å². The molecule has 0 amide bonds. The molecule has 0 aliphatic rings. The fourth-order valence-corrected chi connectivity index (χ4v) is 1.82. The van der Waals surface area contributed by atoms with E-state index in [1.54, 1.807) is 6.92 Å². The number of carbonyl (C=O) groups is 1. The fraction of sp³-hybridized carbons (Fsp3) is 0.615. The van der Waals surface area contributed by atoms with Crippen LogP contribution >= 0.6 is 0 Å². The van der Waals surface area contributed by atoms with Gasteiger partial charge in [-0.15, -0.1) is 0 Å². The van der Waals surface area contributed by atoms with Gasteiger partial charge in [-0.2, -0.15) is 0 Å². The molecule has 0 radical (unpaired) electrons. The zero-order chi connectivity index (χ0) is 14.6. The SMILES string of the molecule is CCCC(C)(Nc1cc(=O)[nH]c(C(C)C)n1)C(=O)O. The normalized spacial score (nSPS) is 14.2. The number of rotatable bonds is 6. The Morgan fingerprint density at radius 3 is 2.68 bits per heavy atom. The molecule has 0 saturated heterocycles. The summed E-state index contributed by atoms with van der Waals surface area (Å²) in [5.74, 6) is -0.0516. The molecule has 106 valence electrons. The number of anilines is 1. The average molecular weight is 267 g/mol. The van der Waals surface area contributed by atoms with Crippen LogP contribution in [0.4, 0.5) is 5.82 Å². The number of carboxylic acid groups (broad SMARTS) is 1. The Balaban J connectivity index is 3.10. The van der Waals surface area contributed by atoms with Crippen molar-refractivity contribution in [2.75, 3.05) is 5.32 Å². The van der Waals surface area contributed by atoms with Crippen LogP contribution in [0.2, 0.25) is 0 Å². The van der Waals surface area contributed by atoms with Crippen molar-refractivity contribution in [3.8, 4) is 0 Å². The van der Waals surface area contributed by atoms with Crippen LogP contribution in [-0.2, 0) is 4.79 Å². The van der Waals surface area contributed by atoms with E-state index in [1.807, 2.05) is 20.8 Å². The maximum absolute atomic E-state index is 11.5. The van der Waals surface area contributed by atoms with Gasteiger partial charge in [0.15, 0.2) is 0 Å². The van der Waals surface area contributed by atoms with Crippen molar-refractivity contribution >= 4 is 11.8 Å². The first-order chi connectivity index (χ1) is 8.78. The van der Waals surface area contributed by atoms with Crippen molar-refractivity contribution in [1.29, 1.82) is 0 Å². The minimum atomic E-state index is -1.12. The molecule has 0 aromatic carbocycles. The van der Waals surface area contributed by atoms with Gasteiger partial charge in [0.2, 0.25) is 0 Å². The van der Waals surface area contributed by atoms with Crippen LogP contribution in [-0.4, -0.2) is 26.6 Å². The van der Waals surface area contributed by atoms with Crippen molar-refractivity contribution in [2.45, 2.75) is 52.0 Å². The molecule has 0 aliphatic carbocycles. The van der Waals surface area contributed by atoms with Gasteiger partial charge in [0.05, 0.1) is 0 Å². The van der Waals surface area contributed by atoms with E-state index in [2.05, 4.69) is 15.3 Å². The molecule has 0 saturated carbocycles. The number of carboxylic acids is 1. The predicted octanol–water partition coefficient (Wildman–Crippen LogP) is 1.95. The molecule has 19 heavy (non-hydrogen) atoms. The monoisotopic (exact) mass is 267 g/mol. The van der Waals surface area contributed by atoms with Gasteiger partial charge in [-0.25, -0.2) is 9.78 Å². The highest BCUT2D eigenvalue weighted by Gasteiger charge is 2.32. The highest BCUT2D eigenvalue weighted by Crippen LogP contribution is 2.19. The van der Waals surface area contributed by atoms with E-state index in [0.29, 0.717) is 18.1 Å². The van der Waals surface area contributed by atoms with Gasteiger partial charge in [-0.3, -0.25) is 4.79 Å². The zero-order valence-corrected chi connectivity index (χ0v) is 11.8. The molecule has 1 heterocycles. The standard InChI is InChI=1S/C13H21N3O3/c1-5-6-13(4,12(18)19)16-9-7-10(17)15-11(14-9)8(2)3/h7-8H,5-6H2,1-4H3,(H,18,19)(H2,14,15,16,17). The van der Waals surface area contributed by atoms with Gasteiger partial charge >= 0.3 is 5.97 Å². The maximum atomic E-state index is 11.5. The summed E-state index contributed by atoms with van der Waals surface area (Å²) in [4.78, 5) is 29.8. The van der Waals surface area contributed by atoms with Crippen molar-refractivity contribution in [2.24, 2.45) is 0 Å². The Kier molecular flexibility index (Phi) is 4.69. The molecule has 1 aromatic heterocycles. The van der Waals surface area contributed by atoms with Crippen LogP contribution in [0.15, 0.2) is 10.9 Å². The number of nitrogens with zero attached hydrogens (tertiary/aromatic N) is 1. The Morgan fingerprint density at radius 2 is 2.21 bits per heavy atom. The topological polar surface area (TPSA) is 95.1 Å². The molecule has 6 heteroatoms. The smallest absolute Gasteiger partial charge is 0.329 e. The second-order valence-electron chi connectivity index (χ2n) is 5.18. The van der Waals surface area contributed by atoms with E-state index in [4.69, 9.17) is 0 Å². The molecule has 1 unspecified atom stereocenters. The van der Waals surface area contributed by atoms with E-state index in [1.165, 1.54) is 6.07 Å². The third-order valence-corrected chi connectivity index (χ3v) is 2.93. The van der Waals surface area contributed by atoms with Crippen molar-refractivity contribution < 1.29 is 9.90 Å². The van der Waals surface area contributed by atoms with E-state index in [9.17, 15) is 14.7 Å². The average Bonchev–Trinajstić information content (AvgIpc) is 2.27. The van der Waals surface area contributed by atoms with Crippen LogP contribution < -0.4 is 10.9 Å². The quantitative estimate of drug-likeness (QED) is 0.732. The first kappa shape index (κ1) is 15.2. The lowest BCUT2D eigenvalue weighted by atomic mass is 9.96. The molecule has 1 atom stereocenters. The summed E-state index contributed by atoms with van der Waals surface area (Å²) in [6, 6.07) is 1.28. The van der Waals surface area contributed by atoms with Crippen molar-refractivity contribution in [3.63, 3.8) is 0 Å². The number of aliphatic carboxylic acids is 1. The largest absolute Gasteiger partial charge is 0.480 e. The molecular weight excluding hydrogens is 246 g/mol. The Hall–Kier alpha value is -1.85. The third kappa shape index (κ3) is 3.81. The molecule has 0 aliphatic heterocycles. The second-order valence-corrected chi connectivity index (χ2v) is 5.18. The van der Waals surface area contributed by atoms with Crippen LogP contribution in [0.3, 0.4) is 0 Å². The number of H-pyrrole nitrogens is 1. The van der Waals surface area contributed by atoms with Gasteiger partial charge in [0.1, 0.15) is 17.2 Å². The number of aromatic amines is 1. The van der Waals surface area contributed by atoms with E-state index in [-0.39, 0.29) is 11.5 Å².